The molecule has 25 heavy (non-hydrogen) atoms. The lowest BCUT2D eigenvalue weighted by Crippen LogP contribution is -2.12. The molecule has 2 aromatic heterocycles. The maximum absolute atomic E-state index is 13.6. The largest absolute Gasteiger partial charge is 0.433 e. The zero-order valence-corrected chi connectivity index (χ0v) is 13.3. The Bertz CT molecular complexity index is 1140. The summed E-state index contributed by atoms with van der Waals surface area (Å²) in [6, 6.07) is 11.3. The van der Waals surface area contributed by atoms with E-state index in [1.165, 1.54) is 6.07 Å². The lowest BCUT2D eigenvalue weighted by molar-refractivity contribution is 0.0998. The predicted octanol–water partition coefficient (Wildman–Crippen LogP) is 5.16. The summed E-state index contributed by atoms with van der Waals surface area (Å²) in [6.07, 6.45) is 0. The smallest absolute Gasteiger partial charge is 0.291 e. The van der Waals surface area contributed by atoms with Gasteiger partial charge in [-0.2, -0.15) is 0 Å². The van der Waals surface area contributed by atoms with E-state index in [1.807, 2.05) is 0 Å². The number of rotatable bonds is 2. The first-order chi connectivity index (χ1) is 12.0. The third kappa shape index (κ3) is 2.92. The molecule has 7 heteroatoms. The van der Waals surface area contributed by atoms with E-state index in [1.54, 1.807) is 24.3 Å². The summed E-state index contributed by atoms with van der Waals surface area (Å²) in [5.74, 6) is -2.17. The fourth-order valence-corrected chi connectivity index (χ4v) is 2.65. The van der Waals surface area contributed by atoms with E-state index in [0.29, 0.717) is 15.9 Å². The average Bonchev–Trinajstić information content (AvgIpc) is 2.99. The molecule has 0 saturated carbocycles. The summed E-state index contributed by atoms with van der Waals surface area (Å²) in [6.45, 7) is 0. The molecule has 124 valence electrons. The summed E-state index contributed by atoms with van der Waals surface area (Å²) >= 11 is 5.94. The van der Waals surface area contributed by atoms with Gasteiger partial charge in [-0.15, -0.1) is 0 Å². The van der Waals surface area contributed by atoms with E-state index < -0.39 is 17.5 Å². The highest BCUT2D eigenvalue weighted by atomic mass is 35.5. The van der Waals surface area contributed by atoms with E-state index in [0.717, 1.165) is 23.6 Å². The second-order valence-electron chi connectivity index (χ2n) is 5.41. The molecule has 0 saturated heterocycles. The number of nitrogens with zero attached hydrogens (tertiary/aromatic N) is 1. The minimum absolute atomic E-state index is 0.0624. The number of pyridine rings is 1. The van der Waals surface area contributed by atoms with Crippen molar-refractivity contribution in [1.82, 2.24) is 4.98 Å². The molecular weight excluding hydrogens is 350 g/mol. The Balaban J connectivity index is 1.72. The Morgan fingerprint density at radius 1 is 1.04 bits per heavy atom. The van der Waals surface area contributed by atoms with Crippen LogP contribution in [0.4, 0.5) is 14.5 Å². The quantitative estimate of drug-likeness (QED) is 0.538. The van der Waals surface area contributed by atoms with Gasteiger partial charge in [0.05, 0.1) is 11.2 Å². The molecule has 4 nitrogen and oxygen atoms in total. The lowest BCUT2D eigenvalue weighted by Gasteiger charge is -2.04. The first-order valence-corrected chi connectivity index (χ1v) is 7.64. The van der Waals surface area contributed by atoms with Crippen molar-refractivity contribution in [3.05, 3.63) is 70.9 Å². The highest BCUT2D eigenvalue weighted by molar-refractivity contribution is 6.31. The molecule has 0 spiro atoms. The van der Waals surface area contributed by atoms with Crippen molar-refractivity contribution in [1.29, 1.82) is 0 Å². The van der Waals surface area contributed by atoms with Crippen molar-refractivity contribution in [2.45, 2.75) is 0 Å². The standard InChI is InChI=1S/C18H9ClF2N2O2/c19-11-2-1-9-5-10-6-16(25-18(10)23-14(9)7-11)17(24)22-15-8-12(20)3-4-13(15)21/h1-8H,(H,22,24). The van der Waals surface area contributed by atoms with Crippen LogP contribution in [0.3, 0.4) is 0 Å². The molecule has 0 aliphatic heterocycles. The molecule has 4 aromatic rings. The summed E-state index contributed by atoms with van der Waals surface area (Å²) in [5, 5.41) is 4.26. The van der Waals surface area contributed by atoms with E-state index in [9.17, 15) is 13.6 Å². The fraction of sp³-hybridized carbons (Fsp3) is 0. The van der Waals surface area contributed by atoms with Crippen LogP contribution >= 0.6 is 11.6 Å². The minimum Gasteiger partial charge on any atom is -0.433 e. The molecule has 0 radical (unpaired) electrons. The van der Waals surface area contributed by atoms with Gasteiger partial charge in [0, 0.05) is 21.9 Å². The van der Waals surface area contributed by atoms with Gasteiger partial charge in [-0.3, -0.25) is 4.79 Å². The lowest BCUT2D eigenvalue weighted by atomic mass is 10.2. The van der Waals surface area contributed by atoms with Crippen LogP contribution in [0.25, 0.3) is 22.0 Å². The van der Waals surface area contributed by atoms with Crippen LogP contribution in [-0.2, 0) is 0 Å². The number of furan rings is 1. The number of aromatic nitrogens is 1. The molecule has 0 aliphatic carbocycles. The Morgan fingerprint density at radius 2 is 1.88 bits per heavy atom. The molecule has 0 unspecified atom stereocenters. The zero-order valence-electron chi connectivity index (χ0n) is 12.5. The maximum atomic E-state index is 13.6. The van der Waals surface area contributed by atoms with Crippen LogP contribution in [-0.4, -0.2) is 10.9 Å². The van der Waals surface area contributed by atoms with Gasteiger partial charge in [0.25, 0.3) is 5.91 Å². The molecule has 0 aliphatic rings. The number of halogens is 3. The third-order valence-corrected chi connectivity index (χ3v) is 3.90. The first-order valence-electron chi connectivity index (χ1n) is 7.26. The van der Waals surface area contributed by atoms with Gasteiger partial charge in [-0.25, -0.2) is 13.8 Å². The Hall–Kier alpha value is -2.99. The van der Waals surface area contributed by atoms with E-state index in [4.69, 9.17) is 16.0 Å². The minimum atomic E-state index is -0.746. The summed E-state index contributed by atoms with van der Waals surface area (Å²) < 4.78 is 32.3. The average molecular weight is 359 g/mol. The second-order valence-corrected chi connectivity index (χ2v) is 5.85. The van der Waals surface area contributed by atoms with E-state index in [-0.39, 0.29) is 17.2 Å². The molecule has 4 rings (SSSR count). The topological polar surface area (TPSA) is 55.1 Å². The number of amides is 1. The number of nitrogens with one attached hydrogen (secondary N) is 1. The molecular formula is C18H9ClF2N2O2. The van der Waals surface area contributed by atoms with Crippen molar-refractivity contribution in [3.63, 3.8) is 0 Å². The fourth-order valence-electron chi connectivity index (χ4n) is 2.49. The molecule has 1 N–H and O–H groups in total. The predicted molar refractivity (Wildman–Crippen MR) is 90.8 cm³/mol. The van der Waals surface area contributed by atoms with Crippen molar-refractivity contribution in [3.8, 4) is 0 Å². The van der Waals surface area contributed by atoms with Crippen LogP contribution < -0.4 is 5.32 Å². The van der Waals surface area contributed by atoms with Crippen LogP contribution in [0.15, 0.2) is 52.9 Å². The van der Waals surface area contributed by atoms with Gasteiger partial charge in [0.2, 0.25) is 5.71 Å². The summed E-state index contributed by atoms with van der Waals surface area (Å²) in [4.78, 5) is 16.6. The summed E-state index contributed by atoms with van der Waals surface area (Å²) in [5.41, 5.74) is 0.604. The van der Waals surface area contributed by atoms with Crippen LogP contribution in [0.2, 0.25) is 5.02 Å². The van der Waals surface area contributed by atoms with Gasteiger partial charge in [0.15, 0.2) is 5.76 Å². The second kappa shape index (κ2) is 5.82. The molecule has 0 atom stereocenters. The Morgan fingerprint density at radius 3 is 2.72 bits per heavy atom. The number of carbonyl (C=O) groups is 1. The van der Waals surface area contributed by atoms with Gasteiger partial charge < -0.3 is 9.73 Å². The number of hydrogen-bond acceptors (Lipinski definition) is 3. The van der Waals surface area contributed by atoms with Crippen molar-refractivity contribution >= 4 is 45.2 Å². The van der Waals surface area contributed by atoms with Crippen LogP contribution in [0, 0.1) is 11.6 Å². The summed E-state index contributed by atoms with van der Waals surface area (Å²) in [7, 11) is 0. The number of benzene rings is 2. The molecule has 0 fully saturated rings. The third-order valence-electron chi connectivity index (χ3n) is 3.67. The Kier molecular flexibility index (Phi) is 3.62. The van der Waals surface area contributed by atoms with Crippen molar-refractivity contribution in [2.75, 3.05) is 5.32 Å². The number of hydrogen-bond donors (Lipinski definition) is 1. The van der Waals surface area contributed by atoms with Gasteiger partial charge >= 0.3 is 0 Å². The Labute approximate surface area is 145 Å². The number of anilines is 1. The zero-order chi connectivity index (χ0) is 17.6. The monoisotopic (exact) mass is 358 g/mol. The van der Waals surface area contributed by atoms with Crippen LogP contribution in [0.5, 0.6) is 0 Å². The normalized spacial score (nSPS) is 11.2. The molecule has 1 amide bonds. The van der Waals surface area contributed by atoms with Crippen molar-refractivity contribution in [2.24, 2.45) is 0 Å². The van der Waals surface area contributed by atoms with Crippen LogP contribution in [0.1, 0.15) is 10.6 Å². The molecule has 2 heterocycles. The number of carbonyl (C=O) groups excluding carboxylic acids is 1. The first kappa shape index (κ1) is 15.5. The molecule has 2 aromatic carbocycles. The number of fused-ring (bicyclic) bond motifs is 2. The van der Waals surface area contributed by atoms with E-state index >= 15 is 0 Å². The highest BCUT2D eigenvalue weighted by Gasteiger charge is 2.16. The molecule has 0 bridgehead atoms. The maximum Gasteiger partial charge on any atom is 0.291 e. The van der Waals surface area contributed by atoms with Gasteiger partial charge in [-0.1, -0.05) is 17.7 Å². The van der Waals surface area contributed by atoms with Gasteiger partial charge in [0.1, 0.15) is 11.6 Å². The SMILES string of the molecule is O=C(Nc1cc(F)ccc1F)c1cc2cc3ccc(Cl)cc3nc2o1. The van der Waals surface area contributed by atoms with Crippen molar-refractivity contribution < 1.29 is 18.0 Å². The highest BCUT2D eigenvalue weighted by Crippen LogP contribution is 2.25. The van der Waals surface area contributed by atoms with Gasteiger partial charge in [-0.05, 0) is 36.4 Å². The van der Waals surface area contributed by atoms with E-state index in [2.05, 4.69) is 10.3 Å².